The van der Waals surface area contributed by atoms with Crippen molar-refractivity contribution in [3.8, 4) is 11.5 Å². The maximum absolute atomic E-state index is 11.1. The minimum Gasteiger partial charge on any atom is -0.508 e. The van der Waals surface area contributed by atoms with E-state index in [1.165, 1.54) is 5.56 Å². The molecule has 1 fully saturated rings. The van der Waals surface area contributed by atoms with Crippen LogP contribution in [0.25, 0.3) is 0 Å². The van der Waals surface area contributed by atoms with Gasteiger partial charge in [-0.1, -0.05) is 53.7 Å². The third-order valence-electron chi connectivity index (χ3n) is 5.79. The molecule has 0 bridgehead atoms. The summed E-state index contributed by atoms with van der Waals surface area (Å²) in [6.45, 7) is 16.8. The Hall–Kier alpha value is -2.04. The van der Waals surface area contributed by atoms with Gasteiger partial charge >= 0.3 is 0 Å². The zero-order chi connectivity index (χ0) is 21.4. The van der Waals surface area contributed by atoms with E-state index in [1.54, 1.807) is 12.1 Å². The van der Waals surface area contributed by atoms with Gasteiger partial charge in [-0.25, -0.2) is 0 Å². The molecule has 4 heteroatoms. The third-order valence-corrected chi connectivity index (χ3v) is 5.79. The van der Waals surface area contributed by atoms with E-state index in [1.807, 2.05) is 12.1 Å². The van der Waals surface area contributed by atoms with Gasteiger partial charge in [-0.05, 0) is 57.3 Å². The van der Waals surface area contributed by atoms with Crippen LogP contribution in [-0.2, 0) is 10.8 Å². The quantitative estimate of drug-likeness (QED) is 0.705. The van der Waals surface area contributed by atoms with E-state index in [2.05, 4.69) is 63.9 Å². The van der Waals surface area contributed by atoms with E-state index < -0.39 is 0 Å². The Morgan fingerprint density at radius 3 is 1.72 bits per heavy atom. The topological polar surface area (TPSA) is 55.7 Å². The first kappa shape index (κ1) is 21.7. The van der Waals surface area contributed by atoms with Crippen molar-refractivity contribution in [3.63, 3.8) is 0 Å². The molecule has 158 valence electrons. The summed E-state index contributed by atoms with van der Waals surface area (Å²) in [5.74, 6) is 0.697. The molecule has 0 saturated carbocycles. The fourth-order valence-corrected chi connectivity index (χ4v) is 4.17. The summed E-state index contributed by atoms with van der Waals surface area (Å²) in [7, 11) is 0. The Morgan fingerprint density at radius 1 is 0.793 bits per heavy atom. The molecule has 3 rings (SSSR count). The number of nitrogens with zero attached hydrogens (tertiary/aromatic N) is 1. The summed E-state index contributed by atoms with van der Waals surface area (Å²) in [5.41, 5.74) is 4.00. The predicted octanol–water partition coefficient (Wildman–Crippen LogP) is 4.69. The fourth-order valence-electron chi connectivity index (χ4n) is 4.17. The van der Waals surface area contributed by atoms with Crippen LogP contribution in [0.4, 0.5) is 0 Å². The van der Waals surface area contributed by atoms with E-state index in [4.69, 9.17) is 0 Å². The van der Waals surface area contributed by atoms with Gasteiger partial charge in [0.25, 0.3) is 0 Å². The smallest absolute Gasteiger partial charge is 0.123 e. The molecule has 1 heterocycles. The van der Waals surface area contributed by atoms with Crippen molar-refractivity contribution < 1.29 is 10.2 Å². The standard InChI is InChI=1S/C25H36N2O2/c1-24(2,3)20-15-18(16-21(23(20)29)25(4,5)6)22(27-13-11-26-12-14-27)17-7-9-19(28)10-8-17/h7-10,15-16,22,26,28-29H,11-14H2,1-6H3. The normalized spacial score (nSPS) is 17.3. The third kappa shape index (κ3) is 4.76. The lowest BCUT2D eigenvalue weighted by Crippen LogP contribution is -2.45. The molecule has 1 aliphatic rings. The van der Waals surface area contributed by atoms with Crippen molar-refractivity contribution in [3.05, 3.63) is 58.7 Å². The minimum absolute atomic E-state index is 0.0838. The lowest BCUT2D eigenvalue weighted by molar-refractivity contribution is 0.198. The first-order valence-electron chi connectivity index (χ1n) is 10.6. The summed E-state index contributed by atoms with van der Waals surface area (Å²) in [6, 6.07) is 12.0. The highest BCUT2D eigenvalue weighted by atomic mass is 16.3. The summed E-state index contributed by atoms with van der Waals surface area (Å²) >= 11 is 0. The highest BCUT2D eigenvalue weighted by molar-refractivity contribution is 5.52. The molecule has 0 aliphatic carbocycles. The number of nitrogens with one attached hydrogen (secondary N) is 1. The number of hydrogen-bond donors (Lipinski definition) is 3. The Labute approximate surface area is 175 Å². The molecular formula is C25H36N2O2. The summed E-state index contributed by atoms with van der Waals surface area (Å²) in [4.78, 5) is 2.49. The Bertz CT molecular complexity index is 804. The molecule has 4 nitrogen and oxygen atoms in total. The molecule has 2 aromatic carbocycles. The van der Waals surface area contributed by atoms with Crippen LogP contribution in [0.3, 0.4) is 0 Å². The number of hydrogen-bond acceptors (Lipinski definition) is 4. The Morgan fingerprint density at radius 2 is 1.28 bits per heavy atom. The van der Waals surface area contributed by atoms with Crippen molar-refractivity contribution in [2.75, 3.05) is 26.2 Å². The van der Waals surface area contributed by atoms with Gasteiger partial charge in [0.15, 0.2) is 0 Å². The maximum Gasteiger partial charge on any atom is 0.123 e. The van der Waals surface area contributed by atoms with Crippen molar-refractivity contribution >= 4 is 0 Å². The van der Waals surface area contributed by atoms with Crippen LogP contribution in [0.15, 0.2) is 36.4 Å². The SMILES string of the molecule is CC(C)(C)c1cc(C(c2ccc(O)cc2)N2CCNCC2)cc(C(C)(C)C)c1O. The van der Waals surface area contributed by atoms with Gasteiger partial charge in [-0.15, -0.1) is 0 Å². The number of piperazine rings is 1. The fraction of sp³-hybridized carbons (Fsp3) is 0.520. The molecule has 3 N–H and O–H groups in total. The van der Waals surface area contributed by atoms with Crippen LogP contribution in [0.5, 0.6) is 11.5 Å². The second-order valence-electron chi connectivity index (χ2n) is 10.2. The van der Waals surface area contributed by atoms with E-state index in [0.717, 1.165) is 42.9 Å². The zero-order valence-corrected chi connectivity index (χ0v) is 18.7. The first-order chi connectivity index (χ1) is 13.5. The molecule has 1 aliphatic heterocycles. The molecule has 1 unspecified atom stereocenters. The second-order valence-corrected chi connectivity index (χ2v) is 10.2. The molecule has 1 saturated heterocycles. The Balaban J connectivity index is 2.22. The van der Waals surface area contributed by atoms with Gasteiger partial charge in [-0.3, -0.25) is 4.90 Å². The van der Waals surface area contributed by atoms with Crippen LogP contribution in [-0.4, -0.2) is 41.3 Å². The summed E-state index contributed by atoms with van der Waals surface area (Å²) in [5, 5.41) is 24.4. The number of phenols is 2. The molecule has 0 amide bonds. The van der Waals surface area contributed by atoms with Gasteiger partial charge < -0.3 is 15.5 Å². The van der Waals surface area contributed by atoms with Crippen LogP contribution in [0.2, 0.25) is 0 Å². The van der Waals surface area contributed by atoms with Gasteiger partial charge in [0.05, 0.1) is 6.04 Å². The highest BCUT2D eigenvalue weighted by Crippen LogP contribution is 2.42. The maximum atomic E-state index is 11.1. The average Bonchev–Trinajstić information content (AvgIpc) is 2.63. The van der Waals surface area contributed by atoms with Gasteiger partial charge in [0.1, 0.15) is 11.5 Å². The highest BCUT2D eigenvalue weighted by Gasteiger charge is 2.31. The number of phenolic OH excluding ortho intramolecular Hbond substituents is 2. The molecule has 0 aromatic heterocycles. The number of rotatable bonds is 3. The largest absolute Gasteiger partial charge is 0.508 e. The lowest BCUT2D eigenvalue weighted by Gasteiger charge is -2.37. The zero-order valence-electron chi connectivity index (χ0n) is 18.7. The predicted molar refractivity (Wildman–Crippen MR) is 120 cm³/mol. The van der Waals surface area contributed by atoms with Crippen LogP contribution in [0.1, 0.15) is 69.8 Å². The van der Waals surface area contributed by atoms with E-state index in [0.29, 0.717) is 5.75 Å². The van der Waals surface area contributed by atoms with E-state index in [9.17, 15) is 10.2 Å². The second kappa shape index (κ2) is 8.00. The van der Waals surface area contributed by atoms with Crippen molar-refractivity contribution in [1.29, 1.82) is 0 Å². The van der Waals surface area contributed by atoms with Gasteiger partial charge in [0.2, 0.25) is 0 Å². The average molecular weight is 397 g/mol. The lowest BCUT2D eigenvalue weighted by atomic mass is 9.77. The monoisotopic (exact) mass is 396 g/mol. The first-order valence-corrected chi connectivity index (χ1v) is 10.6. The summed E-state index contributed by atoms with van der Waals surface area (Å²) in [6.07, 6.45) is 0. The molecule has 29 heavy (non-hydrogen) atoms. The van der Waals surface area contributed by atoms with Crippen molar-refractivity contribution in [1.82, 2.24) is 10.2 Å². The number of benzene rings is 2. The molecular weight excluding hydrogens is 360 g/mol. The van der Waals surface area contributed by atoms with Crippen molar-refractivity contribution in [2.45, 2.75) is 58.4 Å². The molecule has 2 aromatic rings. The van der Waals surface area contributed by atoms with Crippen LogP contribution < -0.4 is 5.32 Å². The van der Waals surface area contributed by atoms with Crippen molar-refractivity contribution in [2.24, 2.45) is 0 Å². The van der Waals surface area contributed by atoms with Gasteiger partial charge in [0, 0.05) is 26.2 Å². The molecule has 1 atom stereocenters. The van der Waals surface area contributed by atoms with Crippen LogP contribution in [0, 0.1) is 0 Å². The van der Waals surface area contributed by atoms with E-state index >= 15 is 0 Å². The van der Waals surface area contributed by atoms with Gasteiger partial charge in [-0.2, -0.15) is 0 Å². The van der Waals surface area contributed by atoms with E-state index in [-0.39, 0.29) is 22.6 Å². The Kier molecular flexibility index (Phi) is 5.98. The van der Waals surface area contributed by atoms with Crippen LogP contribution >= 0.6 is 0 Å². The molecule has 0 spiro atoms. The molecule has 0 radical (unpaired) electrons. The summed E-state index contributed by atoms with van der Waals surface area (Å²) < 4.78 is 0. The number of aromatic hydroxyl groups is 2. The minimum atomic E-state index is -0.164.